The molecule has 20 heavy (non-hydrogen) atoms. The van der Waals surface area contributed by atoms with E-state index in [9.17, 15) is 0 Å². The largest absolute Gasteiger partial charge is 0.367 e. The van der Waals surface area contributed by atoms with Gasteiger partial charge in [0, 0.05) is 24.3 Å². The van der Waals surface area contributed by atoms with Gasteiger partial charge in [-0.1, -0.05) is 38.0 Å². The maximum atomic E-state index is 6.63. The first kappa shape index (κ1) is 13.9. The molecule has 110 valence electrons. The van der Waals surface area contributed by atoms with Crippen molar-refractivity contribution in [3.63, 3.8) is 0 Å². The molecule has 2 unspecified atom stereocenters. The molecule has 1 aromatic carbocycles. The highest BCUT2D eigenvalue weighted by molar-refractivity contribution is 5.58. The molecule has 1 saturated carbocycles. The zero-order valence-corrected chi connectivity index (χ0v) is 13.2. The van der Waals surface area contributed by atoms with Crippen LogP contribution in [0, 0.1) is 12.3 Å². The van der Waals surface area contributed by atoms with Crippen LogP contribution in [0.15, 0.2) is 18.2 Å². The van der Waals surface area contributed by atoms with Crippen molar-refractivity contribution in [2.75, 3.05) is 11.4 Å². The Kier molecular flexibility index (Phi) is 3.53. The van der Waals surface area contributed by atoms with Crippen LogP contribution >= 0.6 is 0 Å². The van der Waals surface area contributed by atoms with E-state index in [1.807, 2.05) is 0 Å². The summed E-state index contributed by atoms with van der Waals surface area (Å²) in [6, 6.07) is 7.72. The third-order valence-corrected chi connectivity index (χ3v) is 5.43. The minimum atomic E-state index is 0.269. The van der Waals surface area contributed by atoms with Gasteiger partial charge in [0.05, 0.1) is 0 Å². The van der Waals surface area contributed by atoms with E-state index in [-0.39, 0.29) is 11.5 Å². The van der Waals surface area contributed by atoms with Crippen LogP contribution in [0.25, 0.3) is 0 Å². The first-order chi connectivity index (χ1) is 9.49. The molecule has 2 nitrogen and oxygen atoms in total. The van der Waals surface area contributed by atoms with E-state index in [0.717, 1.165) is 0 Å². The molecule has 1 heterocycles. The summed E-state index contributed by atoms with van der Waals surface area (Å²) < 4.78 is 0. The average Bonchev–Trinajstić information content (AvgIpc) is 2.41. The molecular formula is C18H28N2. The van der Waals surface area contributed by atoms with Crippen LogP contribution in [-0.2, 0) is 6.42 Å². The molecule has 2 aliphatic rings. The highest BCUT2D eigenvalue weighted by atomic mass is 15.2. The molecule has 1 fully saturated rings. The Morgan fingerprint density at radius 3 is 2.85 bits per heavy atom. The Morgan fingerprint density at radius 1 is 1.25 bits per heavy atom. The number of benzene rings is 1. The van der Waals surface area contributed by atoms with Crippen LogP contribution in [0.3, 0.4) is 0 Å². The third kappa shape index (κ3) is 2.35. The molecule has 2 N–H and O–H groups in total. The first-order valence-corrected chi connectivity index (χ1v) is 8.11. The maximum Gasteiger partial charge on any atom is 0.0446 e. The van der Waals surface area contributed by atoms with Gasteiger partial charge in [-0.3, -0.25) is 0 Å². The van der Waals surface area contributed by atoms with Crippen LogP contribution in [0.1, 0.15) is 50.7 Å². The molecule has 0 radical (unpaired) electrons. The molecule has 0 amide bonds. The standard InChI is InChI=1S/C18H28N2/c1-13-8-9-15-14(12-13)6-5-11-20(15)16-7-4-10-18(2,3)17(16)19/h8-9,12,16-17H,4-7,10-11,19H2,1-3H3. The van der Waals surface area contributed by atoms with Crippen LogP contribution in [0.4, 0.5) is 5.69 Å². The summed E-state index contributed by atoms with van der Waals surface area (Å²) in [6.07, 6.45) is 6.30. The lowest BCUT2D eigenvalue weighted by atomic mass is 9.70. The molecule has 1 aromatic rings. The minimum absolute atomic E-state index is 0.269. The van der Waals surface area contributed by atoms with Gasteiger partial charge in [-0.15, -0.1) is 0 Å². The number of nitrogens with zero attached hydrogens (tertiary/aromatic N) is 1. The van der Waals surface area contributed by atoms with Crippen LogP contribution < -0.4 is 10.6 Å². The zero-order chi connectivity index (χ0) is 14.3. The fourth-order valence-corrected chi connectivity index (χ4v) is 4.08. The third-order valence-electron chi connectivity index (χ3n) is 5.43. The van der Waals surface area contributed by atoms with Gasteiger partial charge < -0.3 is 10.6 Å². The second kappa shape index (κ2) is 5.07. The van der Waals surface area contributed by atoms with Crippen molar-refractivity contribution in [1.29, 1.82) is 0 Å². The monoisotopic (exact) mass is 272 g/mol. The Bertz CT molecular complexity index is 492. The quantitative estimate of drug-likeness (QED) is 0.845. The summed E-state index contributed by atoms with van der Waals surface area (Å²) in [4.78, 5) is 2.61. The molecule has 0 saturated heterocycles. The van der Waals surface area contributed by atoms with E-state index < -0.39 is 0 Å². The lowest BCUT2D eigenvalue weighted by Crippen LogP contribution is -2.58. The predicted octanol–water partition coefficient (Wildman–Crippen LogP) is 3.65. The minimum Gasteiger partial charge on any atom is -0.367 e. The van der Waals surface area contributed by atoms with Crippen LogP contribution in [0.5, 0.6) is 0 Å². The van der Waals surface area contributed by atoms with E-state index in [0.29, 0.717) is 6.04 Å². The lowest BCUT2D eigenvalue weighted by molar-refractivity contribution is 0.172. The van der Waals surface area contributed by atoms with Crippen LogP contribution in [-0.4, -0.2) is 18.6 Å². The van der Waals surface area contributed by atoms with Crippen molar-refractivity contribution in [1.82, 2.24) is 0 Å². The van der Waals surface area contributed by atoms with Gasteiger partial charge >= 0.3 is 0 Å². The van der Waals surface area contributed by atoms with Gasteiger partial charge in [-0.2, -0.15) is 0 Å². The lowest BCUT2D eigenvalue weighted by Gasteiger charge is -2.49. The summed E-state index contributed by atoms with van der Waals surface area (Å²) in [5, 5.41) is 0. The molecular weight excluding hydrogens is 244 g/mol. The van der Waals surface area contributed by atoms with Gasteiger partial charge in [0.2, 0.25) is 0 Å². The Morgan fingerprint density at radius 2 is 2.05 bits per heavy atom. The number of hydrogen-bond acceptors (Lipinski definition) is 2. The highest BCUT2D eigenvalue weighted by Gasteiger charge is 2.40. The second-order valence-corrected chi connectivity index (χ2v) is 7.40. The van der Waals surface area contributed by atoms with E-state index in [4.69, 9.17) is 5.73 Å². The van der Waals surface area contributed by atoms with Crippen molar-refractivity contribution in [2.24, 2.45) is 11.1 Å². The molecule has 2 heteroatoms. The highest BCUT2D eigenvalue weighted by Crippen LogP contribution is 2.40. The molecule has 0 aromatic heterocycles. The Labute approximate surface area is 123 Å². The zero-order valence-electron chi connectivity index (χ0n) is 13.2. The fraction of sp³-hybridized carbons (Fsp3) is 0.667. The van der Waals surface area contributed by atoms with Crippen molar-refractivity contribution < 1.29 is 0 Å². The number of fused-ring (bicyclic) bond motifs is 1. The van der Waals surface area contributed by atoms with Gasteiger partial charge in [0.15, 0.2) is 0 Å². The number of aryl methyl sites for hydroxylation is 2. The molecule has 2 atom stereocenters. The van der Waals surface area contributed by atoms with Gasteiger partial charge in [-0.25, -0.2) is 0 Å². The maximum absolute atomic E-state index is 6.63. The van der Waals surface area contributed by atoms with Crippen molar-refractivity contribution in [3.05, 3.63) is 29.3 Å². The number of hydrogen-bond donors (Lipinski definition) is 1. The fourth-order valence-electron chi connectivity index (χ4n) is 4.08. The number of nitrogens with two attached hydrogens (primary N) is 1. The van der Waals surface area contributed by atoms with E-state index >= 15 is 0 Å². The summed E-state index contributed by atoms with van der Waals surface area (Å²) in [7, 11) is 0. The normalized spacial score (nSPS) is 29.1. The second-order valence-electron chi connectivity index (χ2n) is 7.40. The van der Waals surface area contributed by atoms with Crippen molar-refractivity contribution in [3.8, 4) is 0 Å². The van der Waals surface area contributed by atoms with E-state index in [1.165, 1.54) is 55.5 Å². The number of rotatable bonds is 1. The van der Waals surface area contributed by atoms with Gasteiger partial charge in [0.1, 0.15) is 0 Å². The van der Waals surface area contributed by atoms with Gasteiger partial charge in [0.25, 0.3) is 0 Å². The van der Waals surface area contributed by atoms with E-state index in [1.54, 1.807) is 0 Å². The summed E-state index contributed by atoms with van der Waals surface area (Å²) >= 11 is 0. The summed E-state index contributed by atoms with van der Waals surface area (Å²) in [5.41, 5.74) is 11.2. The summed E-state index contributed by atoms with van der Waals surface area (Å²) in [5.74, 6) is 0. The predicted molar refractivity (Wildman–Crippen MR) is 86.2 cm³/mol. The molecule has 0 spiro atoms. The smallest absolute Gasteiger partial charge is 0.0446 e. The van der Waals surface area contributed by atoms with Crippen molar-refractivity contribution >= 4 is 5.69 Å². The molecule has 3 rings (SSSR count). The van der Waals surface area contributed by atoms with E-state index in [2.05, 4.69) is 43.9 Å². The molecule has 1 aliphatic heterocycles. The first-order valence-electron chi connectivity index (χ1n) is 8.11. The average molecular weight is 272 g/mol. The Balaban J connectivity index is 1.92. The van der Waals surface area contributed by atoms with Crippen molar-refractivity contribution in [2.45, 2.75) is 65.0 Å². The van der Waals surface area contributed by atoms with Gasteiger partial charge in [-0.05, 0) is 49.7 Å². The van der Waals surface area contributed by atoms with Crippen LogP contribution in [0.2, 0.25) is 0 Å². The molecule has 1 aliphatic carbocycles. The molecule has 0 bridgehead atoms. The topological polar surface area (TPSA) is 29.3 Å². The number of anilines is 1. The SMILES string of the molecule is Cc1ccc2c(c1)CCCN2C1CCCC(C)(C)C1N. The summed E-state index contributed by atoms with van der Waals surface area (Å²) in [6.45, 7) is 8.03. The Hall–Kier alpha value is -1.02.